The van der Waals surface area contributed by atoms with Gasteiger partial charge in [-0.25, -0.2) is 0 Å². The van der Waals surface area contributed by atoms with Crippen LogP contribution in [-0.2, 0) is 4.79 Å². The third kappa shape index (κ3) is 7.20. The summed E-state index contributed by atoms with van der Waals surface area (Å²) in [4.78, 5) is 16.0. The molecular formula is C28H53N7O. The van der Waals surface area contributed by atoms with E-state index in [4.69, 9.17) is 0 Å². The van der Waals surface area contributed by atoms with Crippen LogP contribution in [0, 0.1) is 17.8 Å². The van der Waals surface area contributed by atoms with E-state index in [1.165, 1.54) is 71.0 Å². The van der Waals surface area contributed by atoms with Gasteiger partial charge in [-0.05, 0) is 115 Å². The summed E-state index contributed by atoms with van der Waals surface area (Å²) in [5.74, 6) is 1.82. The van der Waals surface area contributed by atoms with E-state index < -0.39 is 0 Å². The van der Waals surface area contributed by atoms with E-state index in [-0.39, 0.29) is 12.2 Å². The summed E-state index contributed by atoms with van der Waals surface area (Å²) in [6.45, 7) is 9.09. The molecule has 0 aromatic carbocycles. The summed E-state index contributed by atoms with van der Waals surface area (Å²) in [5.41, 5.74) is 0. The van der Waals surface area contributed by atoms with Gasteiger partial charge in [0.05, 0.1) is 6.17 Å². The normalized spacial score (nSPS) is 41.4. The Balaban J connectivity index is 1.09. The molecule has 4 heterocycles. The van der Waals surface area contributed by atoms with Crippen molar-refractivity contribution in [2.45, 2.75) is 115 Å². The molecule has 8 heteroatoms. The van der Waals surface area contributed by atoms with Gasteiger partial charge >= 0.3 is 0 Å². The monoisotopic (exact) mass is 503 g/mol. The summed E-state index contributed by atoms with van der Waals surface area (Å²) in [5, 5.41) is 22.2. The Morgan fingerprint density at radius 2 is 1.69 bits per heavy atom. The van der Waals surface area contributed by atoms with Crippen molar-refractivity contribution in [3.63, 3.8) is 0 Å². The van der Waals surface area contributed by atoms with Gasteiger partial charge in [0.25, 0.3) is 0 Å². The number of nitrogens with zero attached hydrogens (tertiary/aromatic N) is 1. The highest BCUT2D eigenvalue weighted by Crippen LogP contribution is 2.27. The van der Waals surface area contributed by atoms with Crippen LogP contribution in [0.15, 0.2) is 0 Å². The fourth-order valence-electron chi connectivity index (χ4n) is 7.48. The van der Waals surface area contributed by atoms with Crippen LogP contribution in [0.4, 0.5) is 0 Å². The van der Waals surface area contributed by atoms with Gasteiger partial charge in [-0.2, -0.15) is 0 Å². The minimum atomic E-state index is 0.150. The van der Waals surface area contributed by atoms with Crippen molar-refractivity contribution in [3.05, 3.63) is 0 Å². The molecule has 5 rings (SSSR count). The largest absolute Gasteiger partial charge is 0.353 e. The number of hydrogen-bond acceptors (Lipinski definition) is 7. The quantitative estimate of drug-likeness (QED) is 0.329. The molecule has 0 bridgehead atoms. The first-order chi connectivity index (χ1) is 17.7. The Bertz CT molecular complexity index is 679. The van der Waals surface area contributed by atoms with Gasteiger partial charge < -0.3 is 16.0 Å². The number of carbonyl (C=O) groups is 1. The van der Waals surface area contributed by atoms with Crippen LogP contribution in [0.2, 0.25) is 0 Å². The molecule has 4 aliphatic heterocycles. The second-order valence-electron chi connectivity index (χ2n) is 12.5. The molecule has 5 fully saturated rings. The minimum absolute atomic E-state index is 0.150. The van der Waals surface area contributed by atoms with E-state index in [9.17, 15) is 4.79 Å². The Hall–Kier alpha value is -0.770. The molecule has 1 saturated carbocycles. The molecule has 5 aliphatic rings. The molecule has 206 valence electrons. The summed E-state index contributed by atoms with van der Waals surface area (Å²) >= 11 is 0. The molecule has 8 atom stereocenters. The minimum Gasteiger partial charge on any atom is -0.353 e. The van der Waals surface area contributed by atoms with Crippen molar-refractivity contribution < 1.29 is 4.79 Å². The van der Waals surface area contributed by atoms with Gasteiger partial charge in [-0.15, -0.1) is 0 Å². The maximum atomic E-state index is 13.4. The lowest BCUT2D eigenvalue weighted by atomic mass is 9.82. The first kappa shape index (κ1) is 26.8. The number of nitrogens with one attached hydrogen (secondary N) is 6. The first-order valence-corrected chi connectivity index (χ1v) is 15.4. The third-order valence-electron chi connectivity index (χ3n) is 9.84. The summed E-state index contributed by atoms with van der Waals surface area (Å²) in [7, 11) is 0. The standard InChI is InChI=1S/C28H53N7O/c1-20-8-9-23(18-25(20)34-28-31-14-11-24(33-28)22-7-6-12-29-19-22)32-27(36)21-10-13-30-26(17-21)35-15-4-2-3-5-16-35/h20-26,28-31,33-34H,2-19H2,1H3,(H,32,36). The molecule has 0 radical (unpaired) electrons. The molecular weight excluding hydrogens is 450 g/mol. The highest BCUT2D eigenvalue weighted by atomic mass is 16.2. The predicted octanol–water partition coefficient (Wildman–Crippen LogP) is 1.69. The SMILES string of the molecule is CC1CCC(NC(=O)C2CCNC(N3CCCCCC3)C2)CC1NC1NCCC(C2CCCNC2)N1. The van der Waals surface area contributed by atoms with E-state index in [2.05, 4.69) is 43.7 Å². The van der Waals surface area contributed by atoms with Crippen LogP contribution in [0.3, 0.4) is 0 Å². The Kier molecular flexibility index (Phi) is 9.94. The number of carbonyl (C=O) groups excluding carboxylic acids is 1. The van der Waals surface area contributed by atoms with E-state index >= 15 is 0 Å². The van der Waals surface area contributed by atoms with Crippen LogP contribution in [-0.4, -0.2) is 80.7 Å². The molecule has 1 amide bonds. The van der Waals surface area contributed by atoms with E-state index in [1.54, 1.807) is 0 Å². The first-order valence-electron chi connectivity index (χ1n) is 15.4. The van der Waals surface area contributed by atoms with Crippen molar-refractivity contribution in [3.8, 4) is 0 Å². The maximum Gasteiger partial charge on any atom is 0.223 e. The Labute approximate surface area is 219 Å². The van der Waals surface area contributed by atoms with Gasteiger partial charge in [-0.3, -0.25) is 25.6 Å². The van der Waals surface area contributed by atoms with Crippen LogP contribution in [0.1, 0.15) is 84.0 Å². The predicted molar refractivity (Wildman–Crippen MR) is 145 cm³/mol. The lowest BCUT2D eigenvalue weighted by Crippen LogP contribution is -2.66. The van der Waals surface area contributed by atoms with Crippen LogP contribution >= 0.6 is 0 Å². The van der Waals surface area contributed by atoms with Crippen molar-refractivity contribution >= 4 is 5.91 Å². The molecule has 8 nitrogen and oxygen atoms in total. The lowest BCUT2D eigenvalue weighted by molar-refractivity contribution is -0.127. The van der Waals surface area contributed by atoms with E-state index in [1.807, 2.05) is 0 Å². The number of hydrogen-bond donors (Lipinski definition) is 6. The van der Waals surface area contributed by atoms with Gasteiger partial charge in [-0.1, -0.05) is 19.8 Å². The highest BCUT2D eigenvalue weighted by Gasteiger charge is 2.35. The number of piperidine rings is 2. The molecule has 4 saturated heterocycles. The molecule has 36 heavy (non-hydrogen) atoms. The van der Waals surface area contributed by atoms with Crippen molar-refractivity contribution in [1.82, 2.24) is 36.8 Å². The summed E-state index contributed by atoms with van der Waals surface area (Å²) in [6, 6.07) is 1.30. The fourth-order valence-corrected chi connectivity index (χ4v) is 7.48. The summed E-state index contributed by atoms with van der Waals surface area (Å²) in [6.07, 6.45) is 14.9. The molecule has 6 N–H and O–H groups in total. The van der Waals surface area contributed by atoms with Gasteiger partial charge in [0.1, 0.15) is 6.29 Å². The smallest absolute Gasteiger partial charge is 0.223 e. The molecule has 0 aromatic rings. The van der Waals surface area contributed by atoms with Crippen molar-refractivity contribution in [2.24, 2.45) is 17.8 Å². The Morgan fingerprint density at radius 1 is 0.861 bits per heavy atom. The number of rotatable bonds is 6. The highest BCUT2D eigenvalue weighted by molar-refractivity contribution is 5.79. The summed E-state index contributed by atoms with van der Waals surface area (Å²) < 4.78 is 0. The van der Waals surface area contributed by atoms with Gasteiger partial charge in [0.2, 0.25) is 5.91 Å². The molecule has 0 aromatic heterocycles. The van der Waals surface area contributed by atoms with Crippen LogP contribution in [0.25, 0.3) is 0 Å². The van der Waals surface area contributed by atoms with Crippen molar-refractivity contribution in [2.75, 3.05) is 39.3 Å². The van der Waals surface area contributed by atoms with Gasteiger partial charge in [0.15, 0.2) is 0 Å². The topological polar surface area (TPSA) is 92.5 Å². The maximum absolute atomic E-state index is 13.4. The second-order valence-corrected chi connectivity index (χ2v) is 12.5. The number of amides is 1. The Morgan fingerprint density at radius 3 is 2.50 bits per heavy atom. The zero-order chi connectivity index (χ0) is 24.7. The van der Waals surface area contributed by atoms with E-state index in [0.29, 0.717) is 36.1 Å². The zero-order valence-corrected chi connectivity index (χ0v) is 22.7. The second kappa shape index (κ2) is 13.3. The van der Waals surface area contributed by atoms with E-state index in [0.717, 1.165) is 51.2 Å². The lowest BCUT2D eigenvalue weighted by Gasteiger charge is -2.43. The average molecular weight is 504 g/mol. The molecule has 0 spiro atoms. The van der Waals surface area contributed by atoms with Crippen LogP contribution in [0.5, 0.6) is 0 Å². The van der Waals surface area contributed by atoms with Crippen molar-refractivity contribution in [1.29, 1.82) is 0 Å². The third-order valence-corrected chi connectivity index (χ3v) is 9.84. The number of likely N-dealkylation sites (tertiary alicyclic amines) is 1. The fraction of sp³-hybridized carbons (Fsp3) is 0.964. The zero-order valence-electron chi connectivity index (χ0n) is 22.7. The average Bonchev–Trinajstić information content (AvgIpc) is 3.21. The van der Waals surface area contributed by atoms with Crippen LogP contribution < -0.4 is 31.9 Å². The van der Waals surface area contributed by atoms with Gasteiger partial charge in [0, 0.05) is 24.0 Å². The molecule has 8 unspecified atom stereocenters. The molecule has 1 aliphatic carbocycles.